The number of benzene rings is 2. The predicted molar refractivity (Wildman–Crippen MR) is 74.9 cm³/mol. The average Bonchev–Trinajstić information content (AvgIpc) is 2.39. The summed E-state index contributed by atoms with van der Waals surface area (Å²) in [6.07, 6.45) is 0. The number of rotatable bonds is 3. The standard InChI is InChI=1S/C14H15F2NO.ClH/c1-9-6-7-12(13(17)14(15,16)8-18)11-5-3-2-4-10(9)11;/h2-7,13,18H,8,17H2,1H3;1H/t13-;/m0./s1. The SMILES string of the molecule is Cc1ccc([C@H](N)C(F)(F)CO)c2ccccc12.Cl. The number of fused-ring (bicyclic) bond motifs is 1. The smallest absolute Gasteiger partial charge is 0.289 e. The molecule has 0 heterocycles. The van der Waals surface area contributed by atoms with Gasteiger partial charge < -0.3 is 10.8 Å². The van der Waals surface area contributed by atoms with Crippen molar-refractivity contribution in [1.82, 2.24) is 0 Å². The minimum Gasteiger partial charge on any atom is -0.390 e. The second kappa shape index (κ2) is 5.82. The molecule has 3 N–H and O–H groups in total. The van der Waals surface area contributed by atoms with Crippen LogP contribution in [0.15, 0.2) is 36.4 Å². The van der Waals surface area contributed by atoms with Crippen LogP contribution < -0.4 is 5.73 Å². The number of hydrogen-bond donors (Lipinski definition) is 2. The summed E-state index contributed by atoms with van der Waals surface area (Å²) >= 11 is 0. The van der Waals surface area contributed by atoms with E-state index in [0.717, 1.165) is 10.9 Å². The summed E-state index contributed by atoms with van der Waals surface area (Å²) < 4.78 is 27.0. The molecule has 0 spiro atoms. The van der Waals surface area contributed by atoms with Crippen LogP contribution in [0.1, 0.15) is 17.2 Å². The van der Waals surface area contributed by atoms with Crippen LogP contribution in [0.3, 0.4) is 0 Å². The van der Waals surface area contributed by atoms with Gasteiger partial charge in [0.2, 0.25) is 0 Å². The van der Waals surface area contributed by atoms with E-state index in [-0.39, 0.29) is 12.4 Å². The highest BCUT2D eigenvalue weighted by Gasteiger charge is 2.38. The molecule has 0 fully saturated rings. The summed E-state index contributed by atoms with van der Waals surface area (Å²) in [6, 6.07) is 9.15. The van der Waals surface area contributed by atoms with Gasteiger partial charge in [-0.05, 0) is 28.8 Å². The largest absolute Gasteiger partial charge is 0.390 e. The maximum absolute atomic E-state index is 13.5. The Bertz CT molecular complexity index is 574. The first-order chi connectivity index (χ1) is 8.47. The van der Waals surface area contributed by atoms with E-state index in [1.165, 1.54) is 0 Å². The summed E-state index contributed by atoms with van der Waals surface area (Å²) in [4.78, 5) is 0. The highest BCUT2D eigenvalue weighted by Crippen LogP contribution is 2.34. The van der Waals surface area contributed by atoms with Crippen LogP contribution >= 0.6 is 12.4 Å². The molecule has 0 saturated heterocycles. The van der Waals surface area contributed by atoms with Crippen molar-refractivity contribution in [3.63, 3.8) is 0 Å². The van der Waals surface area contributed by atoms with E-state index in [4.69, 9.17) is 10.8 Å². The third-order valence-electron chi connectivity index (χ3n) is 3.18. The molecule has 2 aromatic carbocycles. The molecule has 0 bridgehead atoms. The van der Waals surface area contributed by atoms with Crippen molar-refractivity contribution in [2.24, 2.45) is 5.73 Å². The van der Waals surface area contributed by atoms with Crippen LogP contribution in [0.25, 0.3) is 10.8 Å². The topological polar surface area (TPSA) is 46.2 Å². The zero-order valence-corrected chi connectivity index (χ0v) is 11.3. The van der Waals surface area contributed by atoms with Gasteiger partial charge in [0.25, 0.3) is 5.92 Å². The van der Waals surface area contributed by atoms with E-state index in [9.17, 15) is 8.78 Å². The van der Waals surface area contributed by atoms with E-state index in [2.05, 4.69) is 0 Å². The van der Waals surface area contributed by atoms with E-state index in [1.54, 1.807) is 24.3 Å². The summed E-state index contributed by atoms with van der Waals surface area (Å²) in [6.45, 7) is 0.665. The Morgan fingerprint density at radius 3 is 2.32 bits per heavy atom. The van der Waals surface area contributed by atoms with Crippen molar-refractivity contribution in [2.75, 3.05) is 6.61 Å². The third kappa shape index (κ3) is 2.86. The van der Waals surface area contributed by atoms with Crippen LogP contribution in [0.2, 0.25) is 0 Å². The summed E-state index contributed by atoms with van der Waals surface area (Å²) in [7, 11) is 0. The molecule has 0 aliphatic heterocycles. The highest BCUT2D eigenvalue weighted by molar-refractivity contribution is 5.89. The molecule has 0 aromatic heterocycles. The summed E-state index contributed by atoms with van der Waals surface area (Å²) in [5.41, 5.74) is 6.95. The Hall–Kier alpha value is -1.23. The number of alkyl halides is 2. The first-order valence-corrected chi connectivity index (χ1v) is 5.70. The van der Waals surface area contributed by atoms with Crippen molar-refractivity contribution in [2.45, 2.75) is 18.9 Å². The maximum atomic E-state index is 13.5. The quantitative estimate of drug-likeness (QED) is 0.911. The van der Waals surface area contributed by atoms with Crippen molar-refractivity contribution >= 4 is 23.2 Å². The molecule has 0 amide bonds. The van der Waals surface area contributed by atoms with Crippen molar-refractivity contribution in [3.05, 3.63) is 47.5 Å². The Morgan fingerprint density at radius 1 is 1.16 bits per heavy atom. The molecular weight excluding hydrogens is 272 g/mol. The van der Waals surface area contributed by atoms with Crippen molar-refractivity contribution < 1.29 is 13.9 Å². The number of aliphatic hydroxyl groups excluding tert-OH is 1. The van der Waals surface area contributed by atoms with Crippen LogP contribution in [0.4, 0.5) is 8.78 Å². The van der Waals surface area contributed by atoms with Crippen LogP contribution in [0.5, 0.6) is 0 Å². The minimum atomic E-state index is -3.32. The van der Waals surface area contributed by atoms with Gasteiger partial charge in [0.05, 0.1) is 6.04 Å². The minimum absolute atomic E-state index is 0. The van der Waals surface area contributed by atoms with Gasteiger partial charge in [-0.25, -0.2) is 8.78 Å². The number of aliphatic hydroxyl groups is 1. The fraction of sp³-hybridized carbons (Fsp3) is 0.286. The van der Waals surface area contributed by atoms with E-state index in [1.807, 2.05) is 19.1 Å². The summed E-state index contributed by atoms with van der Waals surface area (Å²) in [5, 5.41) is 10.3. The van der Waals surface area contributed by atoms with E-state index in [0.29, 0.717) is 10.9 Å². The monoisotopic (exact) mass is 287 g/mol. The molecule has 0 radical (unpaired) electrons. The van der Waals surface area contributed by atoms with Gasteiger partial charge in [0, 0.05) is 0 Å². The molecule has 2 rings (SSSR count). The molecule has 2 aromatic rings. The first-order valence-electron chi connectivity index (χ1n) is 5.70. The van der Waals surface area contributed by atoms with Gasteiger partial charge >= 0.3 is 0 Å². The van der Waals surface area contributed by atoms with Gasteiger partial charge in [-0.15, -0.1) is 12.4 Å². The molecule has 2 nitrogen and oxygen atoms in total. The van der Waals surface area contributed by atoms with Crippen LogP contribution in [-0.4, -0.2) is 17.6 Å². The highest BCUT2D eigenvalue weighted by atomic mass is 35.5. The molecule has 1 atom stereocenters. The molecule has 19 heavy (non-hydrogen) atoms. The van der Waals surface area contributed by atoms with Crippen molar-refractivity contribution in [3.8, 4) is 0 Å². The van der Waals surface area contributed by atoms with Crippen LogP contribution in [0, 0.1) is 6.92 Å². The van der Waals surface area contributed by atoms with Gasteiger partial charge in [-0.1, -0.05) is 36.4 Å². The molecule has 0 aliphatic carbocycles. The second-order valence-corrected chi connectivity index (χ2v) is 4.41. The molecule has 0 saturated carbocycles. The third-order valence-corrected chi connectivity index (χ3v) is 3.18. The Kier molecular flexibility index (Phi) is 4.85. The average molecular weight is 288 g/mol. The lowest BCUT2D eigenvalue weighted by Gasteiger charge is -2.23. The molecule has 104 valence electrons. The maximum Gasteiger partial charge on any atom is 0.289 e. The lowest BCUT2D eigenvalue weighted by molar-refractivity contribution is -0.0708. The van der Waals surface area contributed by atoms with Crippen LogP contribution in [-0.2, 0) is 0 Å². The second-order valence-electron chi connectivity index (χ2n) is 4.41. The molecular formula is C14H16ClF2NO. The van der Waals surface area contributed by atoms with E-state index < -0.39 is 18.6 Å². The molecule has 5 heteroatoms. The van der Waals surface area contributed by atoms with Gasteiger partial charge in [-0.3, -0.25) is 0 Å². The molecule has 0 aliphatic rings. The number of aryl methyl sites for hydroxylation is 1. The lowest BCUT2D eigenvalue weighted by atomic mass is 9.93. The number of hydrogen-bond acceptors (Lipinski definition) is 2. The zero-order chi connectivity index (χ0) is 13.3. The zero-order valence-electron chi connectivity index (χ0n) is 10.4. The predicted octanol–water partition coefficient (Wildman–Crippen LogP) is 3.20. The summed E-state index contributed by atoms with van der Waals surface area (Å²) in [5.74, 6) is -3.32. The first kappa shape index (κ1) is 15.8. The number of halogens is 3. The van der Waals surface area contributed by atoms with E-state index >= 15 is 0 Å². The number of nitrogens with two attached hydrogens (primary N) is 1. The normalized spacial score (nSPS) is 13.1. The fourth-order valence-electron chi connectivity index (χ4n) is 2.07. The lowest BCUT2D eigenvalue weighted by Crippen LogP contribution is -2.36. The Morgan fingerprint density at radius 2 is 1.74 bits per heavy atom. The molecule has 0 unspecified atom stereocenters. The Labute approximate surface area is 116 Å². The Balaban J connectivity index is 0.00000180. The van der Waals surface area contributed by atoms with Gasteiger partial charge in [-0.2, -0.15) is 0 Å². The van der Waals surface area contributed by atoms with Gasteiger partial charge in [0.15, 0.2) is 0 Å². The fourth-order valence-corrected chi connectivity index (χ4v) is 2.07. The van der Waals surface area contributed by atoms with Gasteiger partial charge in [0.1, 0.15) is 6.61 Å². The van der Waals surface area contributed by atoms with Crippen molar-refractivity contribution in [1.29, 1.82) is 0 Å².